The van der Waals surface area contributed by atoms with Gasteiger partial charge in [0.05, 0.1) is 18.1 Å². The number of nitrogens with one attached hydrogen (secondary N) is 1. The van der Waals surface area contributed by atoms with Gasteiger partial charge in [-0.1, -0.05) is 53.6 Å². The summed E-state index contributed by atoms with van der Waals surface area (Å²) in [5.41, 5.74) is 1.71. The molecular weight excluding hydrogens is 642 g/mol. The van der Waals surface area contributed by atoms with Crippen molar-refractivity contribution in [1.82, 2.24) is 19.7 Å². The van der Waals surface area contributed by atoms with Crippen LogP contribution >= 0.6 is 15.9 Å². The maximum absolute atomic E-state index is 15.3. The SMILES string of the molecule is C=Cc1c(Oc2ccc(F)c(-c3nc(C(CCCCC(C)(C)C(=O)OC)c4cccc(Br)c4)nn3C)c2)c(F)cc2[nH]ccc12. The van der Waals surface area contributed by atoms with Gasteiger partial charge in [0.2, 0.25) is 0 Å². The lowest BCUT2D eigenvalue weighted by Gasteiger charge is -2.21. The third-order valence-corrected chi connectivity index (χ3v) is 8.52. The average Bonchev–Trinajstić information content (AvgIpc) is 3.63. The molecule has 0 aliphatic rings. The minimum absolute atomic E-state index is 0.00147. The van der Waals surface area contributed by atoms with Crippen molar-refractivity contribution >= 4 is 38.9 Å². The van der Waals surface area contributed by atoms with Crippen LogP contribution in [0.1, 0.15) is 62.4 Å². The van der Waals surface area contributed by atoms with Gasteiger partial charge in [-0.05, 0) is 68.7 Å². The fraction of sp³-hybridized carbons (Fsp3) is 0.286. The summed E-state index contributed by atoms with van der Waals surface area (Å²) in [7, 11) is 3.12. The largest absolute Gasteiger partial charge is 0.469 e. The molecule has 10 heteroatoms. The molecule has 2 heterocycles. The van der Waals surface area contributed by atoms with E-state index in [0.717, 1.165) is 28.3 Å². The fourth-order valence-electron chi connectivity index (χ4n) is 5.59. The number of aromatic amines is 1. The molecule has 0 radical (unpaired) electrons. The van der Waals surface area contributed by atoms with Gasteiger partial charge in [-0.2, -0.15) is 5.10 Å². The zero-order valence-electron chi connectivity index (χ0n) is 25.7. The predicted molar refractivity (Wildman–Crippen MR) is 175 cm³/mol. The Labute approximate surface area is 269 Å². The molecule has 0 fully saturated rings. The number of rotatable bonds is 12. The minimum Gasteiger partial charge on any atom is -0.469 e. The molecule has 234 valence electrons. The van der Waals surface area contributed by atoms with Crippen LogP contribution < -0.4 is 4.74 Å². The molecular formula is C35H35BrF2N4O3. The summed E-state index contributed by atoms with van der Waals surface area (Å²) >= 11 is 3.57. The van der Waals surface area contributed by atoms with E-state index in [4.69, 9.17) is 19.6 Å². The van der Waals surface area contributed by atoms with Crippen molar-refractivity contribution in [2.75, 3.05) is 7.11 Å². The summed E-state index contributed by atoms with van der Waals surface area (Å²) < 4.78 is 43.9. The lowest BCUT2D eigenvalue weighted by Crippen LogP contribution is -2.25. The number of fused-ring (bicyclic) bond motifs is 1. The summed E-state index contributed by atoms with van der Waals surface area (Å²) in [4.78, 5) is 20.0. The van der Waals surface area contributed by atoms with Gasteiger partial charge in [-0.3, -0.25) is 4.79 Å². The molecule has 1 atom stereocenters. The maximum atomic E-state index is 15.3. The number of aryl methyl sites for hydroxylation is 1. The van der Waals surface area contributed by atoms with Crippen LogP contribution in [0.4, 0.5) is 8.78 Å². The first-order valence-corrected chi connectivity index (χ1v) is 15.5. The smallest absolute Gasteiger partial charge is 0.311 e. The van der Waals surface area contributed by atoms with Crippen LogP contribution in [0, 0.1) is 17.0 Å². The number of hydrogen-bond donors (Lipinski definition) is 1. The van der Waals surface area contributed by atoms with Gasteiger partial charge in [-0.25, -0.2) is 18.4 Å². The topological polar surface area (TPSA) is 82.0 Å². The maximum Gasteiger partial charge on any atom is 0.311 e. The lowest BCUT2D eigenvalue weighted by molar-refractivity contribution is -0.151. The molecule has 0 bridgehead atoms. The molecule has 0 aliphatic carbocycles. The first kappa shape index (κ1) is 32.1. The first-order valence-electron chi connectivity index (χ1n) is 14.7. The van der Waals surface area contributed by atoms with Crippen LogP contribution in [0.15, 0.2) is 71.8 Å². The highest BCUT2D eigenvalue weighted by Crippen LogP contribution is 2.38. The van der Waals surface area contributed by atoms with E-state index in [1.807, 2.05) is 44.2 Å². The Kier molecular flexibility index (Phi) is 9.53. The Bertz CT molecular complexity index is 1860. The predicted octanol–water partition coefficient (Wildman–Crippen LogP) is 9.33. The molecule has 0 saturated carbocycles. The zero-order chi connectivity index (χ0) is 32.3. The average molecular weight is 678 g/mol. The van der Waals surface area contributed by atoms with Crippen LogP contribution in [0.3, 0.4) is 0 Å². The Morgan fingerprint density at radius 3 is 2.67 bits per heavy atom. The lowest BCUT2D eigenvalue weighted by atomic mass is 9.85. The monoisotopic (exact) mass is 676 g/mol. The van der Waals surface area contributed by atoms with Gasteiger partial charge in [0.25, 0.3) is 0 Å². The number of halogens is 3. The summed E-state index contributed by atoms with van der Waals surface area (Å²) in [5.74, 6) is -0.403. The molecule has 0 saturated heterocycles. The summed E-state index contributed by atoms with van der Waals surface area (Å²) in [6.07, 6.45) is 6.26. The Morgan fingerprint density at radius 2 is 1.93 bits per heavy atom. The zero-order valence-corrected chi connectivity index (χ0v) is 27.3. The van der Waals surface area contributed by atoms with Crippen LogP contribution in [-0.4, -0.2) is 32.8 Å². The molecule has 7 nitrogen and oxygen atoms in total. The van der Waals surface area contributed by atoms with E-state index in [9.17, 15) is 4.79 Å². The van der Waals surface area contributed by atoms with Gasteiger partial charge in [0.1, 0.15) is 11.6 Å². The number of hydrogen-bond acceptors (Lipinski definition) is 5. The number of carbonyl (C=O) groups excluding carboxylic acids is 1. The fourth-order valence-corrected chi connectivity index (χ4v) is 6.01. The Balaban J connectivity index is 1.45. The summed E-state index contributed by atoms with van der Waals surface area (Å²) in [6.45, 7) is 7.60. The second-order valence-electron chi connectivity index (χ2n) is 11.6. The third-order valence-electron chi connectivity index (χ3n) is 8.03. The molecule has 5 rings (SSSR count). The van der Waals surface area contributed by atoms with E-state index < -0.39 is 17.0 Å². The van der Waals surface area contributed by atoms with Crippen molar-refractivity contribution in [2.45, 2.75) is 45.4 Å². The Morgan fingerprint density at radius 1 is 1.13 bits per heavy atom. The highest BCUT2D eigenvalue weighted by molar-refractivity contribution is 9.10. The Hall–Kier alpha value is -4.31. The van der Waals surface area contributed by atoms with Crippen LogP contribution in [0.25, 0.3) is 28.4 Å². The molecule has 1 N–H and O–H groups in total. The van der Waals surface area contributed by atoms with Gasteiger partial charge < -0.3 is 14.5 Å². The number of H-pyrrole nitrogens is 1. The normalized spacial score (nSPS) is 12.3. The number of ether oxygens (including phenoxy) is 2. The number of nitrogens with zero attached hydrogens (tertiary/aromatic N) is 3. The second kappa shape index (κ2) is 13.4. The molecule has 1 unspecified atom stereocenters. The minimum atomic E-state index is -0.580. The highest BCUT2D eigenvalue weighted by Gasteiger charge is 2.29. The molecule has 3 aromatic carbocycles. The third kappa shape index (κ3) is 6.86. The van der Waals surface area contributed by atoms with Crippen molar-refractivity contribution in [1.29, 1.82) is 0 Å². The quantitative estimate of drug-likeness (QED) is 0.105. The van der Waals surface area contributed by atoms with Gasteiger partial charge in [-0.15, -0.1) is 0 Å². The van der Waals surface area contributed by atoms with Crippen molar-refractivity contribution in [2.24, 2.45) is 12.5 Å². The molecule has 0 aliphatic heterocycles. The molecule has 0 amide bonds. The number of carbonyl (C=O) groups is 1. The van der Waals surface area contributed by atoms with E-state index in [2.05, 4.69) is 27.5 Å². The van der Waals surface area contributed by atoms with Crippen molar-refractivity contribution in [3.8, 4) is 22.9 Å². The van der Waals surface area contributed by atoms with E-state index in [1.54, 1.807) is 17.9 Å². The van der Waals surface area contributed by atoms with Gasteiger partial charge in [0.15, 0.2) is 23.2 Å². The first-order chi connectivity index (χ1) is 21.5. The van der Waals surface area contributed by atoms with E-state index in [1.165, 1.54) is 37.5 Å². The molecule has 0 spiro atoms. The van der Waals surface area contributed by atoms with Crippen molar-refractivity contribution < 1.29 is 23.0 Å². The van der Waals surface area contributed by atoms with Gasteiger partial charge in [0, 0.05) is 46.2 Å². The van der Waals surface area contributed by atoms with Crippen LogP contribution in [0.5, 0.6) is 11.5 Å². The second-order valence-corrected chi connectivity index (χ2v) is 12.5. The number of unbranched alkanes of at least 4 members (excludes halogenated alkanes) is 1. The molecule has 45 heavy (non-hydrogen) atoms. The molecule has 5 aromatic rings. The number of aromatic nitrogens is 4. The van der Waals surface area contributed by atoms with E-state index >= 15 is 8.78 Å². The van der Waals surface area contributed by atoms with Crippen molar-refractivity contribution in [3.05, 3.63) is 100 Å². The number of esters is 1. The standard InChI is InChI=1S/C35H35BrF2N4O3/c1-6-24-26-15-17-39-30(26)20-29(38)31(24)45-23-13-14-28(37)27(19-23)33-40-32(41-42(33)4)25(21-10-9-11-22(36)18-21)12-7-8-16-35(2,3)34(43)44-5/h6,9-11,13-15,17-20,25,39H,1,7-8,12,16H2,2-5H3. The summed E-state index contributed by atoms with van der Waals surface area (Å²) in [5, 5.41) is 5.48. The summed E-state index contributed by atoms with van der Waals surface area (Å²) in [6, 6.07) is 15.3. The number of benzene rings is 3. The van der Waals surface area contributed by atoms with E-state index in [0.29, 0.717) is 35.6 Å². The van der Waals surface area contributed by atoms with Crippen LogP contribution in [-0.2, 0) is 16.6 Å². The van der Waals surface area contributed by atoms with Crippen molar-refractivity contribution in [3.63, 3.8) is 0 Å². The van der Waals surface area contributed by atoms with Gasteiger partial charge >= 0.3 is 5.97 Å². The van der Waals surface area contributed by atoms with E-state index in [-0.39, 0.29) is 28.9 Å². The number of methoxy groups -OCH3 is 1. The highest BCUT2D eigenvalue weighted by atomic mass is 79.9. The van der Waals surface area contributed by atoms with Crippen LogP contribution in [0.2, 0.25) is 0 Å². The molecule has 2 aromatic heterocycles.